The van der Waals surface area contributed by atoms with Crippen molar-refractivity contribution in [1.29, 1.82) is 0 Å². The van der Waals surface area contributed by atoms with Crippen molar-refractivity contribution in [3.05, 3.63) is 34.4 Å². The highest BCUT2D eigenvalue weighted by molar-refractivity contribution is 7.89. The van der Waals surface area contributed by atoms with E-state index in [4.69, 9.17) is 0 Å². The first-order valence-electron chi connectivity index (χ1n) is 6.42. The molecular weight excluding hydrogens is 301 g/mol. The number of nitrogens with zero attached hydrogens (tertiary/aromatic N) is 2. The lowest BCUT2D eigenvalue weighted by Crippen LogP contribution is -2.41. The highest BCUT2D eigenvalue weighted by atomic mass is 32.2. The fourth-order valence-electron chi connectivity index (χ4n) is 2.50. The summed E-state index contributed by atoms with van der Waals surface area (Å²) in [5, 5.41) is 13.8. The third-order valence-electron chi connectivity index (χ3n) is 3.40. The Bertz CT molecular complexity index is 637. The zero-order chi connectivity index (χ0) is 15.6. The molecule has 1 aliphatic heterocycles. The van der Waals surface area contributed by atoms with Crippen LogP contribution in [0.1, 0.15) is 6.42 Å². The minimum absolute atomic E-state index is 0.0840. The number of likely N-dealkylation sites (N-methyl/N-ethyl adjacent to an activating group) is 1. The van der Waals surface area contributed by atoms with E-state index in [1.165, 1.54) is 18.2 Å². The predicted molar refractivity (Wildman–Crippen MR) is 74.2 cm³/mol. The van der Waals surface area contributed by atoms with Crippen molar-refractivity contribution in [3.63, 3.8) is 0 Å². The lowest BCUT2D eigenvalue weighted by Gasteiger charge is -2.23. The molecule has 2 rings (SSSR count). The van der Waals surface area contributed by atoms with Crippen LogP contribution in [-0.2, 0) is 10.0 Å². The molecule has 0 spiro atoms. The number of hydrogen-bond acceptors (Lipinski definition) is 5. The van der Waals surface area contributed by atoms with E-state index in [9.17, 15) is 22.9 Å². The van der Waals surface area contributed by atoms with Crippen LogP contribution in [0.25, 0.3) is 0 Å². The number of rotatable bonds is 5. The van der Waals surface area contributed by atoms with E-state index in [0.29, 0.717) is 6.54 Å². The van der Waals surface area contributed by atoms with Gasteiger partial charge in [0.2, 0.25) is 10.0 Å². The summed E-state index contributed by atoms with van der Waals surface area (Å²) in [7, 11) is -2.47. The summed E-state index contributed by atoms with van der Waals surface area (Å²) in [6, 6.07) is 4.56. The van der Waals surface area contributed by atoms with Crippen molar-refractivity contribution in [3.8, 4) is 0 Å². The highest BCUT2D eigenvalue weighted by Gasteiger charge is 2.42. The van der Waals surface area contributed by atoms with Crippen LogP contribution in [0.5, 0.6) is 0 Å². The second-order valence-corrected chi connectivity index (χ2v) is 6.70. The molecule has 1 aromatic carbocycles. The third kappa shape index (κ3) is 3.04. The maximum absolute atomic E-state index is 13.6. The van der Waals surface area contributed by atoms with Crippen LogP contribution < -0.4 is 5.32 Å². The Morgan fingerprint density at radius 2 is 2.14 bits per heavy atom. The normalized spacial score (nSPS) is 23.3. The van der Waals surface area contributed by atoms with Crippen LogP contribution in [0, 0.1) is 10.1 Å². The molecule has 7 nitrogen and oxygen atoms in total. The molecule has 1 saturated heterocycles. The lowest BCUT2D eigenvalue weighted by atomic mass is 10.2. The SMILES string of the molecule is CNC[C@@H]1C[C@H](F)CN1S(=O)(=O)c1ccccc1[N+](=O)[O-]. The Hall–Kier alpha value is -1.58. The van der Waals surface area contributed by atoms with Crippen molar-refractivity contribution < 1.29 is 17.7 Å². The topological polar surface area (TPSA) is 92.6 Å². The largest absolute Gasteiger partial charge is 0.318 e. The number of benzene rings is 1. The fourth-order valence-corrected chi connectivity index (χ4v) is 4.32. The number of nitro groups is 1. The van der Waals surface area contributed by atoms with Crippen molar-refractivity contribution in [2.24, 2.45) is 0 Å². The van der Waals surface area contributed by atoms with E-state index in [1.807, 2.05) is 0 Å². The number of nitro benzene ring substituents is 1. The van der Waals surface area contributed by atoms with Gasteiger partial charge in [-0.15, -0.1) is 0 Å². The molecule has 1 heterocycles. The Labute approximate surface area is 122 Å². The Morgan fingerprint density at radius 3 is 2.76 bits per heavy atom. The second-order valence-electron chi connectivity index (χ2n) is 4.84. The molecule has 0 amide bonds. The summed E-state index contributed by atoms with van der Waals surface area (Å²) in [6.45, 7) is 0.0149. The first-order chi connectivity index (χ1) is 9.87. The average molecular weight is 317 g/mol. The molecule has 0 aliphatic carbocycles. The second kappa shape index (κ2) is 6.04. The lowest BCUT2D eigenvalue weighted by molar-refractivity contribution is -0.387. The van der Waals surface area contributed by atoms with Gasteiger partial charge in [-0.3, -0.25) is 10.1 Å². The average Bonchev–Trinajstić information content (AvgIpc) is 2.81. The van der Waals surface area contributed by atoms with E-state index in [2.05, 4.69) is 5.32 Å². The van der Waals surface area contributed by atoms with Crippen LogP contribution >= 0.6 is 0 Å². The van der Waals surface area contributed by atoms with Gasteiger partial charge in [-0.05, 0) is 19.5 Å². The van der Waals surface area contributed by atoms with Crippen molar-refractivity contribution in [1.82, 2.24) is 9.62 Å². The minimum Gasteiger partial charge on any atom is -0.318 e. The number of halogens is 1. The number of para-hydroxylation sites is 1. The molecule has 0 bridgehead atoms. The van der Waals surface area contributed by atoms with Crippen LogP contribution in [0.2, 0.25) is 0 Å². The minimum atomic E-state index is -4.11. The maximum atomic E-state index is 13.6. The smallest absolute Gasteiger partial charge is 0.289 e. The third-order valence-corrected chi connectivity index (χ3v) is 5.37. The van der Waals surface area contributed by atoms with Crippen molar-refractivity contribution in [2.75, 3.05) is 20.1 Å². The number of alkyl halides is 1. The molecule has 0 saturated carbocycles. The zero-order valence-corrected chi connectivity index (χ0v) is 12.2. The molecule has 21 heavy (non-hydrogen) atoms. The first kappa shape index (κ1) is 15.8. The molecule has 1 N–H and O–H groups in total. The van der Waals surface area contributed by atoms with Gasteiger partial charge < -0.3 is 5.32 Å². The number of sulfonamides is 1. The molecule has 0 radical (unpaired) electrons. The summed E-state index contributed by atoms with van der Waals surface area (Å²) in [5.41, 5.74) is -0.497. The maximum Gasteiger partial charge on any atom is 0.289 e. The molecule has 1 aromatic rings. The summed E-state index contributed by atoms with van der Waals surface area (Å²) in [5.74, 6) is 0. The van der Waals surface area contributed by atoms with Gasteiger partial charge >= 0.3 is 0 Å². The Morgan fingerprint density at radius 1 is 1.48 bits per heavy atom. The predicted octanol–water partition coefficient (Wildman–Crippen LogP) is 0.915. The van der Waals surface area contributed by atoms with Crippen LogP contribution in [0.4, 0.5) is 10.1 Å². The van der Waals surface area contributed by atoms with Gasteiger partial charge in [-0.2, -0.15) is 4.31 Å². The monoisotopic (exact) mass is 317 g/mol. The highest BCUT2D eigenvalue weighted by Crippen LogP contribution is 2.31. The summed E-state index contributed by atoms with van der Waals surface area (Å²) in [6.07, 6.45) is -1.18. The van der Waals surface area contributed by atoms with Gasteiger partial charge in [0.25, 0.3) is 5.69 Å². The Balaban J connectivity index is 2.44. The van der Waals surface area contributed by atoms with Gasteiger partial charge in [0.1, 0.15) is 6.17 Å². The summed E-state index contributed by atoms with van der Waals surface area (Å²) >= 11 is 0. The molecule has 1 aliphatic rings. The van der Waals surface area contributed by atoms with Gasteiger partial charge in [0, 0.05) is 25.2 Å². The van der Waals surface area contributed by atoms with E-state index in [0.717, 1.165) is 10.4 Å². The zero-order valence-electron chi connectivity index (χ0n) is 11.4. The van der Waals surface area contributed by atoms with Gasteiger partial charge in [-0.1, -0.05) is 12.1 Å². The van der Waals surface area contributed by atoms with E-state index in [-0.39, 0.29) is 13.0 Å². The van der Waals surface area contributed by atoms with Crippen LogP contribution in [0.3, 0.4) is 0 Å². The quantitative estimate of drug-likeness (QED) is 0.644. The first-order valence-corrected chi connectivity index (χ1v) is 7.86. The van der Waals surface area contributed by atoms with Gasteiger partial charge in [0.15, 0.2) is 4.90 Å². The van der Waals surface area contributed by atoms with Crippen molar-refractivity contribution in [2.45, 2.75) is 23.5 Å². The molecule has 0 unspecified atom stereocenters. The van der Waals surface area contributed by atoms with Gasteiger partial charge in [0.05, 0.1) is 4.92 Å². The summed E-state index contributed by atoms with van der Waals surface area (Å²) in [4.78, 5) is 9.85. The Kier molecular flexibility index (Phi) is 4.55. The summed E-state index contributed by atoms with van der Waals surface area (Å²) < 4.78 is 39.8. The standard InChI is InChI=1S/C12H16FN3O4S/c1-14-7-10-6-9(13)8-15(10)21(19,20)12-5-3-2-4-11(12)16(17)18/h2-5,9-10,14H,6-8H2,1H3/t9-,10-/m0/s1. The van der Waals surface area contributed by atoms with E-state index < -0.39 is 37.7 Å². The molecule has 2 atom stereocenters. The van der Waals surface area contributed by atoms with E-state index >= 15 is 0 Å². The number of hydrogen-bond donors (Lipinski definition) is 1. The molecule has 116 valence electrons. The fraction of sp³-hybridized carbons (Fsp3) is 0.500. The number of nitrogens with one attached hydrogen (secondary N) is 1. The van der Waals surface area contributed by atoms with Crippen LogP contribution in [-0.4, -0.2) is 50.0 Å². The molecular formula is C12H16FN3O4S. The van der Waals surface area contributed by atoms with Crippen molar-refractivity contribution >= 4 is 15.7 Å². The van der Waals surface area contributed by atoms with E-state index in [1.54, 1.807) is 7.05 Å². The molecule has 9 heteroatoms. The molecule has 1 fully saturated rings. The van der Waals surface area contributed by atoms with Gasteiger partial charge in [-0.25, -0.2) is 12.8 Å². The molecule has 0 aromatic heterocycles. The van der Waals surface area contributed by atoms with Crippen LogP contribution in [0.15, 0.2) is 29.2 Å².